The van der Waals surface area contributed by atoms with E-state index in [1.54, 1.807) is 4.90 Å². The van der Waals surface area contributed by atoms with Crippen molar-refractivity contribution in [1.29, 1.82) is 0 Å². The third-order valence-corrected chi connectivity index (χ3v) is 3.38. The van der Waals surface area contributed by atoms with Gasteiger partial charge in [0, 0.05) is 19.5 Å². The lowest BCUT2D eigenvalue weighted by Crippen LogP contribution is -2.49. The van der Waals surface area contributed by atoms with Crippen LogP contribution in [0.4, 0.5) is 4.79 Å². The van der Waals surface area contributed by atoms with E-state index in [0.717, 1.165) is 6.42 Å². The Bertz CT molecular complexity index is 455. The van der Waals surface area contributed by atoms with Gasteiger partial charge in [-0.25, -0.2) is 9.59 Å². The molecule has 5 heteroatoms. The summed E-state index contributed by atoms with van der Waals surface area (Å²) in [6, 6.07) is -1.41. The average Bonchev–Trinajstić information content (AvgIpc) is 2.37. The number of carboxylic acids is 1. The van der Waals surface area contributed by atoms with E-state index in [9.17, 15) is 9.59 Å². The summed E-state index contributed by atoms with van der Waals surface area (Å²) in [4.78, 5) is 24.5. The number of carbonyl (C=O) groups excluding carboxylic acids is 1. The number of rotatable bonds is 3. The molecule has 0 aromatic carbocycles. The Labute approximate surface area is 120 Å². The molecule has 0 saturated carbocycles. The van der Waals surface area contributed by atoms with Gasteiger partial charge < -0.3 is 15.3 Å². The first-order valence-corrected chi connectivity index (χ1v) is 6.67. The highest BCUT2D eigenvalue weighted by atomic mass is 16.4. The van der Waals surface area contributed by atoms with Gasteiger partial charge in [0.25, 0.3) is 0 Å². The van der Waals surface area contributed by atoms with Gasteiger partial charge in [-0.1, -0.05) is 32.4 Å². The number of aliphatic carboxylic acids is 1. The molecule has 0 aromatic heterocycles. The number of terminal acetylenes is 1. The van der Waals surface area contributed by atoms with E-state index in [0.29, 0.717) is 13.1 Å². The highest BCUT2D eigenvalue weighted by molar-refractivity contribution is 5.83. The summed E-state index contributed by atoms with van der Waals surface area (Å²) in [6.07, 6.45) is 7.93. The minimum atomic E-state index is -1.11. The van der Waals surface area contributed by atoms with Gasteiger partial charge in [0.15, 0.2) is 0 Å². The summed E-state index contributed by atoms with van der Waals surface area (Å²) >= 11 is 0. The molecule has 0 saturated heterocycles. The molecular weight excluding hydrogens is 256 g/mol. The predicted octanol–water partition coefficient (Wildman–Crippen LogP) is 1.85. The normalized spacial score (nSPS) is 16.9. The molecule has 0 aromatic rings. The van der Waals surface area contributed by atoms with E-state index in [-0.39, 0.29) is 17.9 Å². The lowest BCUT2D eigenvalue weighted by molar-refractivity contribution is -0.139. The van der Waals surface area contributed by atoms with Crippen LogP contribution in [0.1, 0.15) is 33.6 Å². The number of urea groups is 1. The van der Waals surface area contributed by atoms with Gasteiger partial charge in [0.05, 0.1) is 0 Å². The van der Waals surface area contributed by atoms with E-state index >= 15 is 0 Å². The third-order valence-electron chi connectivity index (χ3n) is 3.38. The zero-order chi connectivity index (χ0) is 15.3. The number of carboxylic acid groups (broad SMARTS) is 1. The standard InChI is InChI=1S/C15H22N2O3/c1-5-6-12(13(18)19)16-14(20)17-9-7-11(8-10-17)15(2,3)4/h1,7,12H,6,8-10H2,2-4H3,(H,16,20)(H,18,19). The fourth-order valence-electron chi connectivity index (χ4n) is 2.09. The van der Waals surface area contributed by atoms with Crippen LogP contribution in [-0.4, -0.2) is 41.1 Å². The van der Waals surface area contributed by atoms with Crippen molar-refractivity contribution in [2.24, 2.45) is 5.41 Å². The van der Waals surface area contributed by atoms with Crippen LogP contribution >= 0.6 is 0 Å². The molecule has 2 amide bonds. The van der Waals surface area contributed by atoms with Crippen LogP contribution in [0.25, 0.3) is 0 Å². The summed E-state index contributed by atoms with van der Waals surface area (Å²) in [5, 5.41) is 11.4. The van der Waals surface area contributed by atoms with E-state index in [2.05, 4.69) is 32.0 Å². The predicted molar refractivity (Wildman–Crippen MR) is 77.1 cm³/mol. The average molecular weight is 278 g/mol. The maximum atomic E-state index is 12.0. The van der Waals surface area contributed by atoms with Gasteiger partial charge in [0.2, 0.25) is 0 Å². The number of hydrogen-bond acceptors (Lipinski definition) is 2. The largest absolute Gasteiger partial charge is 0.480 e. The fourth-order valence-corrected chi connectivity index (χ4v) is 2.09. The molecule has 1 unspecified atom stereocenters. The van der Waals surface area contributed by atoms with Gasteiger partial charge in [-0.05, 0) is 11.8 Å². The lowest BCUT2D eigenvalue weighted by Gasteiger charge is -2.32. The van der Waals surface area contributed by atoms with Crippen molar-refractivity contribution in [3.63, 3.8) is 0 Å². The van der Waals surface area contributed by atoms with E-state index in [4.69, 9.17) is 11.5 Å². The van der Waals surface area contributed by atoms with E-state index < -0.39 is 12.0 Å². The number of carbonyl (C=O) groups is 2. The molecule has 0 fully saturated rings. The SMILES string of the molecule is C#CCC(NC(=O)N1CC=C(C(C)(C)C)CC1)C(=O)O. The maximum Gasteiger partial charge on any atom is 0.327 e. The van der Waals surface area contributed by atoms with Crippen LogP contribution in [0, 0.1) is 17.8 Å². The first kappa shape index (κ1) is 16.1. The summed E-state index contributed by atoms with van der Waals surface area (Å²) in [6.45, 7) is 7.52. The number of amides is 2. The summed E-state index contributed by atoms with van der Waals surface area (Å²) < 4.78 is 0. The zero-order valence-electron chi connectivity index (χ0n) is 12.3. The molecule has 5 nitrogen and oxygen atoms in total. The Balaban J connectivity index is 2.61. The Kier molecular flexibility index (Phi) is 5.20. The molecule has 0 aliphatic carbocycles. The van der Waals surface area contributed by atoms with E-state index in [1.807, 2.05) is 6.08 Å². The third kappa shape index (κ3) is 4.30. The second kappa shape index (κ2) is 6.47. The van der Waals surface area contributed by atoms with Crippen LogP contribution in [0.15, 0.2) is 11.6 Å². The number of nitrogens with zero attached hydrogens (tertiary/aromatic N) is 1. The quantitative estimate of drug-likeness (QED) is 0.611. The maximum absolute atomic E-state index is 12.0. The minimum absolute atomic E-state index is 0.0159. The van der Waals surface area contributed by atoms with Crippen molar-refractivity contribution < 1.29 is 14.7 Å². The molecule has 110 valence electrons. The topological polar surface area (TPSA) is 69.6 Å². The molecule has 2 N–H and O–H groups in total. The number of hydrogen-bond donors (Lipinski definition) is 2. The first-order valence-electron chi connectivity index (χ1n) is 6.67. The summed E-state index contributed by atoms with van der Waals surface area (Å²) in [5.74, 6) is 1.15. The van der Waals surface area contributed by atoms with Gasteiger partial charge in [0.1, 0.15) is 6.04 Å². The van der Waals surface area contributed by atoms with Crippen LogP contribution in [0.3, 0.4) is 0 Å². The number of nitrogens with one attached hydrogen (secondary N) is 1. The van der Waals surface area contributed by atoms with Crippen LogP contribution in [0.5, 0.6) is 0 Å². The molecule has 1 heterocycles. The molecule has 0 bridgehead atoms. The van der Waals surface area contributed by atoms with Gasteiger partial charge in [-0.3, -0.25) is 0 Å². The lowest BCUT2D eigenvalue weighted by atomic mass is 9.83. The van der Waals surface area contributed by atoms with Crippen molar-refractivity contribution in [3.05, 3.63) is 11.6 Å². The fraction of sp³-hybridized carbons (Fsp3) is 0.600. The smallest absolute Gasteiger partial charge is 0.327 e. The molecule has 1 aliphatic heterocycles. The van der Waals surface area contributed by atoms with E-state index in [1.165, 1.54) is 5.57 Å². The molecule has 1 aliphatic rings. The Morgan fingerprint density at radius 1 is 1.55 bits per heavy atom. The van der Waals surface area contributed by atoms with Gasteiger partial charge in [-0.2, -0.15) is 0 Å². The first-order chi connectivity index (χ1) is 9.25. The molecule has 20 heavy (non-hydrogen) atoms. The summed E-state index contributed by atoms with van der Waals surface area (Å²) in [7, 11) is 0. The molecule has 0 spiro atoms. The van der Waals surface area contributed by atoms with Crippen molar-refractivity contribution >= 4 is 12.0 Å². The molecule has 1 atom stereocenters. The second-order valence-electron chi connectivity index (χ2n) is 5.92. The molecular formula is C15H22N2O3. The molecule has 0 radical (unpaired) electrons. The zero-order valence-corrected chi connectivity index (χ0v) is 12.3. The van der Waals surface area contributed by atoms with Crippen molar-refractivity contribution in [2.45, 2.75) is 39.7 Å². The van der Waals surface area contributed by atoms with Crippen molar-refractivity contribution in [2.75, 3.05) is 13.1 Å². The highest BCUT2D eigenvalue weighted by Gasteiger charge is 2.26. The monoisotopic (exact) mass is 278 g/mol. The molecule has 1 rings (SSSR count). The Morgan fingerprint density at radius 2 is 2.20 bits per heavy atom. The van der Waals surface area contributed by atoms with Crippen LogP contribution in [-0.2, 0) is 4.79 Å². The minimum Gasteiger partial charge on any atom is -0.480 e. The highest BCUT2D eigenvalue weighted by Crippen LogP contribution is 2.29. The Morgan fingerprint density at radius 3 is 2.60 bits per heavy atom. The second-order valence-corrected chi connectivity index (χ2v) is 5.92. The van der Waals surface area contributed by atoms with Gasteiger partial charge >= 0.3 is 12.0 Å². The van der Waals surface area contributed by atoms with Gasteiger partial charge in [-0.15, -0.1) is 12.3 Å². The van der Waals surface area contributed by atoms with Crippen LogP contribution in [0.2, 0.25) is 0 Å². The van der Waals surface area contributed by atoms with Crippen molar-refractivity contribution in [3.8, 4) is 12.3 Å². The van der Waals surface area contributed by atoms with Crippen LogP contribution < -0.4 is 5.32 Å². The Hall–Kier alpha value is -1.96. The summed E-state index contributed by atoms with van der Waals surface area (Å²) in [5.41, 5.74) is 1.43. The van der Waals surface area contributed by atoms with Crippen molar-refractivity contribution in [1.82, 2.24) is 10.2 Å².